The average molecular weight is 310 g/mol. The molecule has 2 rings (SSSR count). The normalized spacial score (nSPS) is 11.4. The molecule has 3 nitrogen and oxygen atoms in total. The summed E-state index contributed by atoms with van der Waals surface area (Å²) in [4.78, 5) is 12.1. The number of rotatable bonds is 4. The predicted octanol–water partition coefficient (Wildman–Crippen LogP) is 2.79. The first-order chi connectivity index (χ1) is 9.77. The molecule has 2 aromatic carbocycles. The highest BCUT2D eigenvalue weighted by Gasteiger charge is 2.13. The van der Waals surface area contributed by atoms with Gasteiger partial charge in [0.05, 0.1) is 4.90 Å². The molecule has 0 N–H and O–H groups in total. The van der Waals surface area contributed by atoms with Crippen LogP contribution in [0.1, 0.15) is 15.9 Å². The molecule has 0 amide bonds. The SMILES string of the molecule is CS(=O)(=O)c1cccc(C(=O)Cc2ccc(F)c(F)c2)c1. The number of benzene rings is 2. The maximum Gasteiger partial charge on any atom is 0.175 e. The highest BCUT2D eigenvalue weighted by molar-refractivity contribution is 7.90. The summed E-state index contributed by atoms with van der Waals surface area (Å²) in [5.41, 5.74) is 0.534. The second kappa shape index (κ2) is 5.73. The number of halogens is 2. The Morgan fingerprint density at radius 1 is 1.05 bits per heavy atom. The Labute approximate surface area is 121 Å². The molecule has 0 fully saturated rings. The molecule has 0 aromatic heterocycles. The molecule has 0 spiro atoms. The summed E-state index contributed by atoms with van der Waals surface area (Å²) in [5.74, 6) is -2.37. The van der Waals surface area contributed by atoms with E-state index in [2.05, 4.69) is 0 Å². The average Bonchev–Trinajstić information content (AvgIpc) is 2.42. The molecule has 0 saturated carbocycles. The Bertz CT molecular complexity index is 798. The van der Waals surface area contributed by atoms with Gasteiger partial charge in [-0.1, -0.05) is 18.2 Å². The van der Waals surface area contributed by atoms with Gasteiger partial charge in [0.25, 0.3) is 0 Å². The lowest BCUT2D eigenvalue weighted by Crippen LogP contribution is -2.06. The van der Waals surface area contributed by atoms with Gasteiger partial charge in [0.15, 0.2) is 27.3 Å². The molecule has 0 aliphatic heterocycles. The van der Waals surface area contributed by atoms with Gasteiger partial charge < -0.3 is 0 Å². The second-order valence-electron chi connectivity index (χ2n) is 4.65. The topological polar surface area (TPSA) is 51.2 Å². The summed E-state index contributed by atoms with van der Waals surface area (Å²) in [5, 5.41) is 0. The van der Waals surface area contributed by atoms with Gasteiger partial charge >= 0.3 is 0 Å². The third kappa shape index (κ3) is 3.72. The monoisotopic (exact) mass is 310 g/mol. The summed E-state index contributed by atoms with van der Waals surface area (Å²) in [7, 11) is -3.41. The molecule has 0 aliphatic rings. The van der Waals surface area contributed by atoms with Gasteiger partial charge in [-0.2, -0.15) is 0 Å². The zero-order valence-electron chi connectivity index (χ0n) is 11.1. The van der Waals surface area contributed by atoms with Crippen molar-refractivity contribution in [1.29, 1.82) is 0 Å². The highest BCUT2D eigenvalue weighted by Crippen LogP contribution is 2.15. The molecule has 0 saturated heterocycles. The van der Waals surface area contributed by atoms with Crippen LogP contribution in [-0.2, 0) is 16.3 Å². The molecule has 2 aromatic rings. The first-order valence-corrected chi connectivity index (χ1v) is 7.94. The van der Waals surface area contributed by atoms with Gasteiger partial charge in [0.1, 0.15) is 0 Å². The molecule has 0 atom stereocenters. The van der Waals surface area contributed by atoms with Crippen molar-refractivity contribution in [3.05, 3.63) is 65.2 Å². The van der Waals surface area contributed by atoms with Gasteiger partial charge in [0, 0.05) is 18.2 Å². The number of Topliss-reactive ketones (excluding diaryl/α,β-unsaturated/α-hetero) is 1. The fourth-order valence-electron chi connectivity index (χ4n) is 1.84. The summed E-state index contributed by atoms with van der Waals surface area (Å²) < 4.78 is 48.8. The summed E-state index contributed by atoms with van der Waals surface area (Å²) >= 11 is 0. The fourth-order valence-corrected chi connectivity index (χ4v) is 2.50. The summed E-state index contributed by atoms with van der Waals surface area (Å²) in [6.07, 6.45) is 0.913. The van der Waals surface area contributed by atoms with Crippen LogP contribution >= 0.6 is 0 Å². The van der Waals surface area contributed by atoms with E-state index in [0.717, 1.165) is 18.4 Å². The van der Waals surface area contributed by atoms with Crippen molar-refractivity contribution in [2.75, 3.05) is 6.26 Å². The van der Waals surface area contributed by atoms with Crippen LogP contribution in [0.5, 0.6) is 0 Å². The quantitative estimate of drug-likeness (QED) is 0.816. The number of hydrogen-bond donors (Lipinski definition) is 0. The summed E-state index contributed by atoms with van der Waals surface area (Å²) in [6.45, 7) is 0. The number of carbonyl (C=O) groups excluding carboxylic acids is 1. The number of carbonyl (C=O) groups is 1. The number of sulfone groups is 1. The largest absolute Gasteiger partial charge is 0.294 e. The molecule has 0 heterocycles. The first kappa shape index (κ1) is 15.3. The molecular weight excluding hydrogens is 298 g/mol. The first-order valence-electron chi connectivity index (χ1n) is 6.04. The van der Waals surface area contributed by atoms with E-state index in [-0.39, 0.29) is 22.7 Å². The van der Waals surface area contributed by atoms with Crippen molar-refractivity contribution in [3.8, 4) is 0 Å². The van der Waals surface area contributed by atoms with E-state index in [0.29, 0.717) is 5.56 Å². The maximum absolute atomic E-state index is 13.1. The Morgan fingerprint density at radius 2 is 1.76 bits per heavy atom. The van der Waals surface area contributed by atoms with E-state index in [1.165, 1.54) is 30.3 Å². The molecule has 0 unspecified atom stereocenters. The summed E-state index contributed by atoms with van der Waals surface area (Å²) in [6, 6.07) is 8.84. The van der Waals surface area contributed by atoms with Crippen LogP contribution in [0.3, 0.4) is 0 Å². The lowest BCUT2D eigenvalue weighted by atomic mass is 10.0. The van der Waals surface area contributed by atoms with Crippen molar-refractivity contribution in [2.45, 2.75) is 11.3 Å². The highest BCUT2D eigenvalue weighted by atomic mass is 32.2. The minimum atomic E-state index is -3.41. The van der Waals surface area contributed by atoms with Gasteiger partial charge in [-0.3, -0.25) is 4.79 Å². The van der Waals surface area contributed by atoms with Crippen LogP contribution in [0.25, 0.3) is 0 Å². The zero-order chi connectivity index (χ0) is 15.6. The van der Waals surface area contributed by atoms with Gasteiger partial charge in [-0.25, -0.2) is 17.2 Å². The van der Waals surface area contributed by atoms with Crippen LogP contribution in [0.4, 0.5) is 8.78 Å². The molecule has 6 heteroatoms. The second-order valence-corrected chi connectivity index (χ2v) is 6.66. The molecule has 0 aliphatic carbocycles. The van der Waals surface area contributed by atoms with Crippen LogP contribution in [0, 0.1) is 11.6 Å². The zero-order valence-corrected chi connectivity index (χ0v) is 12.0. The van der Waals surface area contributed by atoms with Crippen molar-refractivity contribution in [2.24, 2.45) is 0 Å². The standard InChI is InChI=1S/C15H12F2O3S/c1-21(19,20)12-4-2-3-11(9-12)15(18)8-10-5-6-13(16)14(17)7-10/h2-7,9H,8H2,1H3. The van der Waals surface area contributed by atoms with E-state index >= 15 is 0 Å². The third-order valence-corrected chi connectivity index (χ3v) is 4.04. The smallest absolute Gasteiger partial charge is 0.175 e. The van der Waals surface area contributed by atoms with Gasteiger partial charge in [-0.05, 0) is 29.8 Å². The van der Waals surface area contributed by atoms with Crippen molar-refractivity contribution >= 4 is 15.6 Å². The molecular formula is C15H12F2O3S. The maximum atomic E-state index is 13.1. The van der Waals surface area contributed by atoms with Crippen LogP contribution in [0.15, 0.2) is 47.4 Å². The molecule has 0 bridgehead atoms. The Hall–Kier alpha value is -2.08. The van der Waals surface area contributed by atoms with E-state index in [4.69, 9.17) is 0 Å². The molecule has 0 radical (unpaired) electrons. The van der Waals surface area contributed by atoms with Crippen LogP contribution in [-0.4, -0.2) is 20.5 Å². The van der Waals surface area contributed by atoms with Crippen molar-refractivity contribution in [1.82, 2.24) is 0 Å². The fraction of sp³-hybridized carbons (Fsp3) is 0.133. The lowest BCUT2D eigenvalue weighted by molar-refractivity contribution is 0.0992. The Morgan fingerprint density at radius 3 is 2.38 bits per heavy atom. The number of hydrogen-bond acceptors (Lipinski definition) is 3. The molecule has 110 valence electrons. The minimum Gasteiger partial charge on any atom is -0.294 e. The van der Waals surface area contributed by atoms with E-state index in [9.17, 15) is 22.0 Å². The van der Waals surface area contributed by atoms with Gasteiger partial charge in [0.2, 0.25) is 0 Å². The van der Waals surface area contributed by atoms with Crippen molar-refractivity contribution < 1.29 is 22.0 Å². The predicted molar refractivity (Wildman–Crippen MR) is 73.9 cm³/mol. The Kier molecular flexibility index (Phi) is 4.18. The van der Waals surface area contributed by atoms with Crippen LogP contribution < -0.4 is 0 Å². The third-order valence-electron chi connectivity index (χ3n) is 2.93. The van der Waals surface area contributed by atoms with E-state index < -0.39 is 21.5 Å². The van der Waals surface area contributed by atoms with Crippen LogP contribution in [0.2, 0.25) is 0 Å². The van der Waals surface area contributed by atoms with E-state index in [1.54, 1.807) is 0 Å². The van der Waals surface area contributed by atoms with Gasteiger partial charge in [-0.15, -0.1) is 0 Å². The van der Waals surface area contributed by atoms with Crippen molar-refractivity contribution in [3.63, 3.8) is 0 Å². The Balaban J connectivity index is 2.26. The molecule has 21 heavy (non-hydrogen) atoms. The van der Waals surface area contributed by atoms with E-state index in [1.807, 2.05) is 0 Å². The number of ketones is 1. The minimum absolute atomic E-state index is 0.0404. The lowest BCUT2D eigenvalue weighted by Gasteiger charge is -2.04.